The highest BCUT2D eigenvalue weighted by Crippen LogP contribution is 2.57. The van der Waals surface area contributed by atoms with Gasteiger partial charge in [0.2, 0.25) is 0 Å². The van der Waals surface area contributed by atoms with Crippen LogP contribution in [-0.4, -0.2) is 0 Å². The van der Waals surface area contributed by atoms with Crippen LogP contribution in [0.4, 0.5) is 17.1 Å². The third-order valence-electron chi connectivity index (χ3n) is 12.5. The standard InChI is InChI=1S/C58H41N/c1-58(44-25-10-4-11-26-44)52-33-17-16-32-50(52)57-53(58)34-19-35-54(57)59(45-27-12-5-13-28-45)46-29-18-24-42(38-46)43-36-37-48-47-30-14-15-31-49(47)55(40-20-6-2-7-21-40)56(51(48)39-43)41-22-8-3-9-23-41/h2-39H,1H3. The van der Waals surface area contributed by atoms with E-state index in [4.69, 9.17) is 0 Å². The molecular weight excluding hydrogens is 711 g/mol. The zero-order valence-electron chi connectivity index (χ0n) is 32.9. The number of anilines is 3. The minimum atomic E-state index is -0.294. The highest BCUT2D eigenvalue weighted by molar-refractivity contribution is 6.22. The van der Waals surface area contributed by atoms with Crippen LogP contribution < -0.4 is 4.90 Å². The second-order valence-corrected chi connectivity index (χ2v) is 15.7. The first-order valence-corrected chi connectivity index (χ1v) is 20.5. The van der Waals surface area contributed by atoms with Gasteiger partial charge in [0, 0.05) is 22.4 Å². The van der Waals surface area contributed by atoms with Gasteiger partial charge in [0.1, 0.15) is 0 Å². The average molecular weight is 752 g/mol. The maximum absolute atomic E-state index is 2.45. The van der Waals surface area contributed by atoms with Crippen molar-refractivity contribution < 1.29 is 0 Å². The first kappa shape index (κ1) is 34.7. The van der Waals surface area contributed by atoms with Crippen LogP contribution in [0.3, 0.4) is 0 Å². The van der Waals surface area contributed by atoms with Crippen molar-refractivity contribution in [3.05, 3.63) is 247 Å². The lowest BCUT2D eigenvalue weighted by atomic mass is 9.74. The molecule has 0 aromatic heterocycles. The van der Waals surface area contributed by atoms with Gasteiger partial charge < -0.3 is 4.90 Å². The molecule has 0 spiro atoms. The largest absolute Gasteiger partial charge is 0.310 e. The summed E-state index contributed by atoms with van der Waals surface area (Å²) in [6.07, 6.45) is 0. The maximum Gasteiger partial charge on any atom is 0.0543 e. The first-order chi connectivity index (χ1) is 29.2. The maximum atomic E-state index is 2.45. The summed E-state index contributed by atoms with van der Waals surface area (Å²) < 4.78 is 0. The summed E-state index contributed by atoms with van der Waals surface area (Å²) in [5.41, 5.74) is 16.9. The van der Waals surface area contributed by atoms with Gasteiger partial charge in [-0.05, 0) is 121 Å². The Kier molecular flexibility index (Phi) is 8.34. The van der Waals surface area contributed by atoms with Gasteiger partial charge in [-0.15, -0.1) is 0 Å². The van der Waals surface area contributed by atoms with Crippen LogP contribution in [0.15, 0.2) is 231 Å². The molecule has 0 bridgehead atoms. The highest BCUT2D eigenvalue weighted by atomic mass is 15.1. The third kappa shape index (κ3) is 5.62. The van der Waals surface area contributed by atoms with Crippen molar-refractivity contribution in [2.75, 3.05) is 4.90 Å². The van der Waals surface area contributed by atoms with Crippen LogP contribution in [0, 0.1) is 0 Å². The minimum absolute atomic E-state index is 0.294. The summed E-state index contributed by atoms with van der Waals surface area (Å²) in [6.45, 7) is 2.39. The van der Waals surface area contributed by atoms with Crippen molar-refractivity contribution in [1.29, 1.82) is 0 Å². The van der Waals surface area contributed by atoms with E-state index in [0.29, 0.717) is 0 Å². The van der Waals surface area contributed by atoms with Gasteiger partial charge in [0.25, 0.3) is 0 Å². The molecule has 10 aromatic rings. The molecule has 0 aliphatic heterocycles. The van der Waals surface area contributed by atoms with Gasteiger partial charge in [-0.1, -0.05) is 194 Å². The van der Waals surface area contributed by atoms with Crippen molar-refractivity contribution in [3.8, 4) is 44.5 Å². The van der Waals surface area contributed by atoms with Crippen LogP contribution in [0.1, 0.15) is 23.6 Å². The fourth-order valence-electron chi connectivity index (χ4n) is 9.80. The van der Waals surface area contributed by atoms with Crippen LogP contribution in [-0.2, 0) is 5.41 Å². The van der Waals surface area contributed by atoms with E-state index in [1.54, 1.807) is 0 Å². The lowest BCUT2D eigenvalue weighted by Gasteiger charge is -2.30. The number of para-hydroxylation sites is 1. The van der Waals surface area contributed by atoms with Gasteiger partial charge in [0.05, 0.1) is 5.69 Å². The van der Waals surface area contributed by atoms with Gasteiger partial charge in [0.15, 0.2) is 0 Å². The zero-order chi connectivity index (χ0) is 39.3. The molecule has 1 aliphatic carbocycles. The summed E-state index contributed by atoms with van der Waals surface area (Å²) in [5, 5.41) is 5.02. The van der Waals surface area contributed by atoms with E-state index in [1.165, 1.54) is 88.4 Å². The Morgan fingerprint density at radius 3 is 1.56 bits per heavy atom. The molecule has 1 nitrogen and oxygen atoms in total. The van der Waals surface area contributed by atoms with E-state index in [-0.39, 0.29) is 5.41 Å². The molecule has 0 fully saturated rings. The second kappa shape index (κ2) is 14.2. The molecule has 10 aromatic carbocycles. The summed E-state index contributed by atoms with van der Waals surface area (Å²) in [6, 6.07) is 84.5. The highest BCUT2D eigenvalue weighted by Gasteiger charge is 2.42. The second-order valence-electron chi connectivity index (χ2n) is 15.7. The Labute approximate surface area is 346 Å². The van der Waals surface area contributed by atoms with E-state index in [0.717, 1.165) is 11.4 Å². The predicted octanol–water partition coefficient (Wildman–Crippen LogP) is 15.8. The molecule has 0 amide bonds. The molecule has 1 aliphatic rings. The topological polar surface area (TPSA) is 3.24 Å². The number of benzene rings is 10. The number of nitrogens with zero attached hydrogens (tertiary/aromatic N) is 1. The molecule has 0 saturated heterocycles. The van der Waals surface area contributed by atoms with E-state index >= 15 is 0 Å². The van der Waals surface area contributed by atoms with Crippen LogP contribution in [0.25, 0.3) is 66.1 Å². The van der Waals surface area contributed by atoms with Crippen LogP contribution in [0.2, 0.25) is 0 Å². The SMILES string of the molecule is CC1(c2ccccc2)c2ccccc2-c2c(N(c3ccccc3)c3cccc(-c4ccc5c(c4)c(-c4ccccc4)c(-c4ccccc4)c4ccccc45)c3)cccc21. The molecule has 0 heterocycles. The Morgan fingerprint density at radius 1 is 0.322 bits per heavy atom. The average Bonchev–Trinajstić information content (AvgIpc) is 3.59. The number of hydrogen-bond donors (Lipinski definition) is 0. The molecule has 278 valence electrons. The Bertz CT molecular complexity index is 3150. The number of hydrogen-bond acceptors (Lipinski definition) is 1. The number of fused-ring (bicyclic) bond motifs is 6. The molecule has 1 atom stereocenters. The molecule has 0 N–H and O–H groups in total. The third-order valence-corrected chi connectivity index (χ3v) is 12.5. The molecule has 1 heteroatoms. The van der Waals surface area contributed by atoms with Crippen LogP contribution in [0.5, 0.6) is 0 Å². The minimum Gasteiger partial charge on any atom is -0.310 e. The summed E-state index contributed by atoms with van der Waals surface area (Å²) in [7, 11) is 0. The fourth-order valence-corrected chi connectivity index (χ4v) is 9.80. The predicted molar refractivity (Wildman–Crippen MR) is 250 cm³/mol. The Hall–Kier alpha value is -7.48. The lowest BCUT2D eigenvalue weighted by molar-refractivity contribution is 0.714. The van der Waals surface area contributed by atoms with Crippen LogP contribution >= 0.6 is 0 Å². The molecule has 11 rings (SSSR count). The molecule has 59 heavy (non-hydrogen) atoms. The van der Waals surface area contributed by atoms with Gasteiger partial charge >= 0.3 is 0 Å². The van der Waals surface area contributed by atoms with Crippen molar-refractivity contribution >= 4 is 38.6 Å². The number of rotatable bonds is 7. The van der Waals surface area contributed by atoms with Gasteiger partial charge in [-0.2, -0.15) is 0 Å². The normalized spacial score (nSPS) is 14.3. The summed E-state index contributed by atoms with van der Waals surface area (Å²) in [4.78, 5) is 2.45. The van der Waals surface area contributed by atoms with E-state index in [9.17, 15) is 0 Å². The smallest absolute Gasteiger partial charge is 0.0543 e. The van der Waals surface area contributed by atoms with Gasteiger partial charge in [-0.3, -0.25) is 0 Å². The summed E-state index contributed by atoms with van der Waals surface area (Å²) in [5.74, 6) is 0. The van der Waals surface area contributed by atoms with Crippen molar-refractivity contribution in [1.82, 2.24) is 0 Å². The Morgan fingerprint density at radius 2 is 0.831 bits per heavy atom. The quantitative estimate of drug-likeness (QED) is 0.147. The molecule has 1 unspecified atom stereocenters. The van der Waals surface area contributed by atoms with Crippen molar-refractivity contribution in [2.24, 2.45) is 0 Å². The first-order valence-electron chi connectivity index (χ1n) is 20.5. The molecule has 0 radical (unpaired) electrons. The van der Waals surface area contributed by atoms with E-state index < -0.39 is 0 Å². The van der Waals surface area contributed by atoms with Gasteiger partial charge in [-0.25, -0.2) is 0 Å². The summed E-state index contributed by atoms with van der Waals surface area (Å²) >= 11 is 0. The Balaban J connectivity index is 1.13. The van der Waals surface area contributed by atoms with E-state index in [1.807, 2.05) is 0 Å². The molecule has 0 saturated carbocycles. The lowest BCUT2D eigenvalue weighted by Crippen LogP contribution is -2.22. The monoisotopic (exact) mass is 751 g/mol. The van der Waals surface area contributed by atoms with E-state index in [2.05, 4.69) is 242 Å². The van der Waals surface area contributed by atoms with Crippen molar-refractivity contribution in [2.45, 2.75) is 12.3 Å². The molecular formula is C58H41N. The fraction of sp³-hybridized carbons (Fsp3) is 0.0345. The van der Waals surface area contributed by atoms with Crippen molar-refractivity contribution in [3.63, 3.8) is 0 Å². The zero-order valence-corrected chi connectivity index (χ0v) is 32.9.